The van der Waals surface area contributed by atoms with Crippen LogP contribution in [0.3, 0.4) is 0 Å². The summed E-state index contributed by atoms with van der Waals surface area (Å²) < 4.78 is 28.8. The Balaban J connectivity index is 0.00000300. The van der Waals surface area contributed by atoms with Crippen molar-refractivity contribution in [1.82, 2.24) is 4.90 Å². The Morgan fingerprint density at radius 1 is 1.38 bits per heavy atom. The van der Waals surface area contributed by atoms with Crippen molar-refractivity contribution in [2.75, 3.05) is 5.32 Å². The Labute approximate surface area is 190 Å². The number of carbonyl (C=O) groups is 3. The molecule has 1 aromatic rings. The zero-order valence-corrected chi connectivity index (χ0v) is 18.5. The second kappa shape index (κ2) is 9.09. The van der Waals surface area contributed by atoms with E-state index in [1.807, 2.05) is 0 Å². The Morgan fingerprint density at radius 2 is 2.07 bits per heavy atom. The molecule has 2 aliphatic heterocycles. The standard InChI is InChI=1S/C17H18N4O6S.Na/c1-8-2-4-10-13(14(8)27-17(19)24)20-15(28(25)26)11-6-9(3-5-12(18)22)7-21(11)16(10)23;/h2-5,7,11,15,20H,6H2,1H3,(H2,18,22)(H2,19,24)(H,25,26);/q;+1/p-1. The van der Waals surface area contributed by atoms with Crippen LogP contribution in [-0.4, -0.2) is 43.0 Å². The predicted octanol–water partition coefficient (Wildman–Crippen LogP) is -2.77. The number of aryl methyl sites for hydroxylation is 1. The van der Waals surface area contributed by atoms with Crippen molar-refractivity contribution >= 4 is 34.7 Å². The molecule has 3 amide bonds. The summed E-state index contributed by atoms with van der Waals surface area (Å²) in [6.45, 7) is 1.63. The number of primary amides is 2. The van der Waals surface area contributed by atoms with Gasteiger partial charge in [-0.15, -0.1) is 0 Å². The summed E-state index contributed by atoms with van der Waals surface area (Å²) >= 11 is -2.63. The van der Waals surface area contributed by atoms with Crippen LogP contribution in [0.1, 0.15) is 22.3 Å². The molecule has 1 aromatic carbocycles. The van der Waals surface area contributed by atoms with E-state index in [0.29, 0.717) is 11.1 Å². The molecule has 0 radical (unpaired) electrons. The van der Waals surface area contributed by atoms with Crippen molar-refractivity contribution in [1.29, 1.82) is 0 Å². The molecule has 3 rings (SSSR count). The molecule has 3 atom stereocenters. The van der Waals surface area contributed by atoms with Crippen molar-refractivity contribution < 1.29 is 57.4 Å². The van der Waals surface area contributed by atoms with Gasteiger partial charge in [0, 0.05) is 12.3 Å². The molecule has 0 saturated carbocycles. The molecule has 0 bridgehead atoms. The molecule has 148 valence electrons. The maximum atomic E-state index is 13.1. The number of amides is 3. The van der Waals surface area contributed by atoms with E-state index < -0.39 is 40.4 Å². The van der Waals surface area contributed by atoms with Crippen LogP contribution in [0.2, 0.25) is 0 Å². The second-order valence-electron chi connectivity index (χ2n) is 6.30. The average molecular weight is 428 g/mol. The number of nitrogens with one attached hydrogen (secondary N) is 1. The Morgan fingerprint density at radius 3 is 2.66 bits per heavy atom. The minimum Gasteiger partial charge on any atom is -0.771 e. The van der Waals surface area contributed by atoms with Crippen LogP contribution in [-0.2, 0) is 15.9 Å². The molecular weight excluding hydrogens is 411 g/mol. The topological polar surface area (TPSA) is 168 Å². The summed E-state index contributed by atoms with van der Waals surface area (Å²) in [7, 11) is 0. The number of nitrogens with two attached hydrogens (primary N) is 2. The first-order valence-corrected chi connectivity index (χ1v) is 9.29. The van der Waals surface area contributed by atoms with Crippen LogP contribution in [0.5, 0.6) is 5.75 Å². The third kappa shape index (κ3) is 4.70. The first-order chi connectivity index (χ1) is 13.2. The van der Waals surface area contributed by atoms with E-state index in [-0.39, 0.29) is 53.0 Å². The van der Waals surface area contributed by atoms with Crippen LogP contribution in [0.15, 0.2) is 36.1 Å². The van der Waals surface area contributed by atoms with Gasteiger partial charge in [-0.1, -0.05) is 12.1 Å². The average Bonchev–Trinajstić information content (AvgIpc) is 2.98. The first kappa shape index (κ1) is 23.1. The zero-order valence-electron chi connectivity index (χ0n) is 15.7. The van der Waals surface area contributed by atoms with Gasteiger partial charge in [0.15, 0.2) is 5.75 Å². The maximum Gasteiger partial charge on any atom is 1.00 e. The van der Waals surface area contributed by atoms with E-state index in [1.165, 1.54) is 23.2 Å². The van der Waals surface area contributed by atoms with E-state index in [1.54, 1.807) is 13.0 Å². The third-order valence-corrected chi connectivity index (χ3v) is 5.28. The van der Waals surface area contributed by atoms with Gasteiger partial charge in [-0.3, -0.25) is 13.8 Å². The second-order valence-corrected chi connectivity index (χ2v) is 7.33. The molecule has 2 heterocycles. The van der Waals surface area contributed by atoms with E-state index in [0.717, 1.165) is 6.08 Å². The number of hydrogen-bond acceptors (Lipinski definition) is 7. The Bertz CT molecular complexity index is 963. The van der Waals surface area contributed by atoms with Crippen molar-refractivity contribution in [2.24, 2.45) is 11.5 Å². The first-order valence-electron chi connectivity index (χ1n) is 8.15. The molecule has 29 heavy (non-hydrogen) atoms. The van der Waals surface area contributed by atoms with E-state index in [9.17, 15) is 23.1 Å². The minimum absolute atomic E-state index is 0. The monoisotopic (exact) mass is 428 g/mol. The van der Waals surface area contributed by atoms with E-state index in [2.05, 4.69) is 5.32 Å². The fourth-order valence-electron chi connectivity index (χ4n) is 3.22. The largest absolute Gasteiger partial charge is 1.00 e. The number of carbonyl (C=O) groups excluding carboxylic acids is 3. The summed E-state index contributed by atoms with van der Waals surface area (Å²) in [5.41, 5.74) is 11.4. The summed E-state index contributed by atoms with van der Waals surface area (Å²) in [5.74, 6) is -1.16. The van der Waals surface area contributed by atoms with Crippen molar-refractivity contribution in [3.05, 3.63) is 47.2 Å². The molecule has 0 fully saturated rings. The molecule has 0 aromatic heterocycles. The molecular formula is C17H17N4NaO6S. The van der Waals surface area contributed by atoms with Crippen LogP contribution in [0, 0.1) is 6.92 Å². The fraction of sp³-hybridized carbons (Fsp3) is 0.235. The number of benzene rings is 1. The number of nitrogens with zero attached hydrogens (tertiary/aromatic N) is 1. The maximum absolute atomic E-state index is 13.1. The van der Waals surface area contributed by atoms with Crippen LogP contribution >= 0.6 is 0 Å². The van der Waals surface area contributed by atoms with E-state index >= 15 is 0 Å². The molecule has 3 unspecified atom stereocenters. The molecule has 0 aliphatic carbocycles. The molecule has 0 spiro atoms. The smallest absolute Gasteiger partial charge is 0.771 e. The summed E-state index contributed by atoms with van der Waals surface area (Å²) in [4.78, 5) is 36.6. The van der Waals surface area contributed by atoms with Gasteiger partial charge in [0.1, 0.15) is 5.37 Å². The minimum atomic E-state index is -2.63. The van der Waals surface area contributed by atoms with Gasteiger partial charge in [0.25, 0.3) is 5.91 Å². The number of allylic oxidation sites excluding steroid dienone is 1. The van der Waals surface area contributed by atoms with Gasteiger partial charge < -0.3 is 31.0 Å². The van der Waals surface area contributed by atoms with Crippen LogP contribution in [0.4, 0.5) is 10.5 Å². The van der Waals surface area contributed by atoms with Crippen LogP contribution in [0.25, 0.3) is 0 Å². The number of rotatable bonds is 4. The summed E-state index contributed by atoms with van der Waals surface area (Å²) in [5, 5.41) is 1.61. The van der Waals surface area contributed by atoms with Crippen molar-refractivity contribution in [3.8, 4) is 5.75 Å². The van der Waals surface area contributed by atoms with Gasteiger partial charge in [-0.25, -0.2) is 4.79 Å². The van der Waals surface area contributed by atoms with Crippen molar-refractivity contribution in [2.45, 2.75) is 24.8 Å². The molecule has 12 heteroatoms. The number of fused-ring (bicyclic) bond motifs is 2. The quantitative estimate of drug-likeness (QED) is 0.265. The van der Waals surface area contributed by atoms with Gasteiger partial charge in [0.2, 0.25) is 5.91 Å². The van der Waals surface area contributed by atoms with Crippen molar-refractivity contribution in [3.63, 3.8) is 0 Å². The molecule has 0 saturated heterocycles. The SMILES string of the molecule is Cc1ccc2c(c1OC(N)=O)NC(S(=O)[O-])C1CC(C=CC(N)=O)=CN1C2=O.[Na+]. The van der Waals surface area contributed by atoms with Gasteiger partial charge >= 0.3 is 35.7 Å². The predicted molar refractivity (Wildman–Crippen MR) is 98.7 cm³/mol. The molecule has 2 aliphatic rings. The number of hydrogen-bond donors (Lipinski definition) is 3. The fourth-order valence-corrected chi connectivity index (χ4v) is 3.92. The Hall–Kier alpha value is -2.18. The summed E-state index contributed by atoms with van der Waals surface area (Å²) in [6, 6.07) is 2.30. The Kier molecular flexibility index (Phi) is 7.25. The third-order valence-electron chi connectivity index (χ3n) is 4.43. The van der Waals surface area contributed by atoms with Crippen LogP contribution < -0.4 is 51.1 Å². The molecule has 10 nitrogen and oxygen atoms in total. The molecule has 5 N–H and O–H groups in total. The van der Waals surface area contributed by atoms with Gasteiger partial charge in [-0.2, -0.15) is 0 Å². The van der Waals surface area contributed by atoms with Gasteiger partial charge in [0.05, 0.1) is 17.3 Å². The van der Waals surface area contributed by atoms with Gasteiger partial charge in [-0.05, 0) is 41.6 Å². The van der Waals surface area contributed by atoms with E-state index in [4.69, 9.17) is 16.2 Å². The number of anilines is 1. The zero-order chi connectivity index (χ0) is 20.6. The number of ether oxygens (including phenoxy) is 1. The normalized spacial score (nSPS) is 21.2. The summed E-state index contributed by atoms with van der Waals surface area (Å²) in [6.07, 6.45) is 3.13.